The molecule has 0 saturated heterocycles. The second kappa shape index (κ2) is 6.38. The van der Waals surface area contributed by atoms with Gasteiger partial charge < -0.3 is 5.32 Å². The summed E-state index contributed by atoms with van der Waals surface area (Å²) in [4.78, 5) is 11.5. The number of halogens is 5. The van der Waals surface area contributed by atoms with Gasteiger partial charge in [-0.2, -0.15) is 0 Å². The number of carbonyl (C=O) groups is 1. The van der Waals surface area contributed by atoms with E-state index in [4.69, 9.17) is 0 Å². The van der Waals surface area contributed by atoms with Gasteiger partial charge in [0.1, 0.15) is 5.69 Å². The number of hydrogen-bond donors (Lipinski definition) is 1. The minimum atomic E-state index is -2.28. The first-order valence-corrected chi connectivity index (χ1v) is 5.97. The van der Waals surface area contributed by atoms with Gasteiger partial charge in [-0.15, -0.1) is 0 Å². The van der Waals surface area contributed by atoms with Crippen molar-refractivity contribution in [2.24, 2.45) is 0 Å². The van der Waals surface area contributed by atoms with Crippen molar-refractivity contribution in [1.29, 1.82) is 0 Å². The molecule has 2 nitrogen and oxygen atoms in total. The molecule has 0 aliphatic carbocycles. The lowest BCUT2D eigenvalue weighted by Crippen LogP contribution is -2.14. The Kier molecular flexibility index (Phi) is 4.55. The van der Waals surface area contributed by atoms with E-state index >= 15 is 0 Å². The maximum Gasteiger partial charge on any atom is 0.248 e. The summed E-state index contributed by atoms with van der Waals surface area (Å²) in [5, 5.41) is 1.64. The number of hydrogen-bond acceptors (Lipinski definition) is 1. The quantitative estimate of drug-likeness (QED) is 0.394. The third-order valence-electron chi connectivity index (χ3n) is 2.68. The van der Waals surface area contributed by atoms with Crippen molar-refractivity contribution >= 4 is 17.7 Å². The summed E-state index contributed by atoms with van der Waals surface area (Å²) >= 11 is 0. The minimum Gasteiger partial charge on any atom is -0.317 e. The number of rotatable bonds is 3. The normalized spacial score (nSPS) is 11.0. The summed E-state index contributed by atoms with van der Waals surface area (Å²) in [5.41, 5.74) is -0.769. The molecule has 0 aromatic heterocycles. The molecule has 0 unspecified atom stereocenters. The number of carbonyl (C=O) groups excluding carboxylic acids is 1. The molecule has 0 aliphatic rings. The van der Waals surface area contributed by atoms with Gasteiger partial charge in [0, 0.05) is 6.08 Å². The van der Waals surface area contributed by atoms with Crippen LogP contribution in [0.2, 0.25) is 0 Å². The highest BCUT2D eigenvalue weighted by atomic mass is 19.2. The highest BCUT2D eigenvalue weighted by Crippen LogP contribution is 2.27. The molecule has 0 saturated carbocycles. The van der Waals surface area contributed by atoms with Crippen LogP contribution in [0.25, 0.3) is 6.08 Å². The molecule has 0 heterocycles. The van der Waals surface area contributed by atoms with Crippen LogP contribution in [0.4, 0.5) is 27.6 Å². The number of amides is 1. The average molecular weight is 313 g/mol. The van der Waals surface area contributed by atoms with Gasteiger partial charge in [0.2, 0.25) is 11.7 Å². The van der Waals surface area contributed by atoms with Gasteiger partial charge in [0.15, 0.2) is 23.3 Å². The maximum atomic E-state index is 13.4. The zero-order valence-electron chi connectivity index (χ0n) is 10.8. The predicted molar refractivity (Wildman–Crippen MR) is 70.3 cm³/mol. The highest BCUT2D eigenvalue weighted by molar-refractivity contribution is 6.02. The van der Waals surface area contributed by atoms with Gasteiger partial charge in [-0.25, -0.2) is 22.0 Å². The molecule has 0 radical (unpaired) electrons. The van der Waals surface area contributed by atoms with Crippen LogP contribution < -0.4 is 5.32 Å². The van der Waals surface area contributed by atoms with Crippen LogP contribution in [-0.2, 0) is 4.79 Å². The third kappa shape index (κ3) is 3.13. The largest absolute Gasteiger partial charge is 0.317 e. The summed E-state index contributed by atoms with van der Waals surface area (Å²) < 4.78 is 65.5. The van der Waals surface area contributed by atoms with Crippen molar-refractivity contribution in [3.05, 3.63) is 71.1 Å². The summed E-state index contributed by atoms with van der Waals surface area (Å²) in [6, 6.07) is 8.44. The van der Waals surface area contributed by atoms with Crippen molar-refractivity contribution in [1.82, 2.24) is 0 Å². The van der Waals surface area contributed by atoms with Crippen LogP contribution in [0, 0.1) is 29.1 Å². The van der Waals surface area contributed by atoms with Crippen LogP contribution in [-0.4, -0.2) is 5.91 Å². The van der Waals surface area contributed by atoms with Gasteiger partial charge in [0.25, 0.3) is 0 Å². The molecule has 1 N–H and O–H groups in total. The highest BCUT2D eigenvalue weighted by Gasteiger charge is 2.26. The Balaban J connectivity index is 2.24. The van der Waals surface area contributed by atoms with Crippen LogP contribution in [0.5, 0.6) is 0 Å². The first-order valence-electron chi connectivity index (χ1n) is 5.97. The monoisotopic (exact) mass is 313 g/mol. The van der Waals surface area contributed by atoms with Crippen LogP contribution in [0.15, 0.2) is 36.4 Å². The molecule has 1 amide bonds. The van der Waals surface area contributed by atoms with E-state index in [9.17, 15) is 26.7 Å². The van der Waals surface area contributed by atoms with Crippen molar-refractivity contribution in [2.75, 3.05) is 5.32 Å². The van der Waals surface area contributed by atoms with E-state index in [0.29, 0.717) is 5.56 Å². The fourth-order valence-corrected chi connectivity index (χ4v) is 1.62. The molecule has 22 heavy (non-hydrogen) atoms. The van der Waals surface area contributed by atoms with Gasteiger partial charge in [0.05, 0.1) is 0 Å². The van der Waals surface area contributed by atoms with E-state index in [1.807, 2.05) is 0 Å². The predicted octanol–water partition coefficient (Wildman–Crippen LogP) is 4.03. The second-order valence-electron chi connectivity index (χ2n) is 4.18. The number of anilines is 1. The molecule has 0 atom stereocenters. The van der Waals surface area contributed by atoms with E-state index in [0.717, 1.165) is 6.08 Å². The summed E-state index contributed by atoms with van der Waals surface area (Å²) in [7, 11) is 0. The molecule has 7 heteroatoms. The van der Waals surface area contributed by atoms with E-state index < -0.39 is 40.7 Å². The Morgan fingerprint density at radius 2 is 1.32 bits per heavy atom. The molecule has 0 spiro atoms. The fraction of sp³-hybridized carbons (Fsp3) is 0. The van der Waals surface area contributed by atoms with E-state index in [1.54, 1.807) is 35.6 Å². The first-order chi connectivity index (χ1) is 10.4. The van der Waals surface area contributed by atoms with Gasteiger partial charge >= 0.3 is 0 Å². The molecule has 114 valence electrons. The standard InChI is InChI=1S/C15H8F5NO/c16-10-11(17)13(19)15(14(20)12(10)18)21-9(22)7-6-8-4-2-1-3-5-8/h1-7H,(H,21,22)/b7-6+. The maximum absolute atomic E-state index is 13.4. The third-order valence-corrected chi connectivity index (χ3v) is 2.68. The Labute approximate surface area is 121 Å². The molecule has 0 fully saturated rings. The van der Waals surface area contributed by atoms with E-state index in [1.165, 1.54) is 6.08 Å². The van der Waals surface area contributed by atoms with Crippen molar-refractivity contribution in [3.63, 3.8) is 0 Å². The molecule has 2 aromatic carbocycles. The van der Waals surface area contributed by atoms with Crippen molar-refractivity contribution in [2.45, 2.75) is 0 Å². The molecular weight excluding hydrogens is 305 g/mol. The fourth-order valence-electron chi connectivity index (χ4n) is 1.62. The lowest BCUT2D eigenvalue weighted by atomic mass is 10.2. The topological polar surface area (TPSA) is 29.1 Å². The smallest absolute Gasteiger partial charge is 0.248 e. The van der Waals surface area contributed by atoms with Crippen molar-refractivity contribution < 1.29 is 26.7 Å². The zero-order valence-corrected chi connectivity index (χ0v) is 10.8. The molecule has 2 aromatic rings. The van der Waals surface area contributed by atoms with Gasteiger partial charge in [-0.05, 0) is 11.6 Å². The number of benzene rings is 2. The van der Waals surface area contributed by atoms with Crippen LogP contribution >= 0.6 is 0 Å². The summed E-state index contributed by atoms with van der Waals surface area (Å²) in [6.07, 6.45) is 2.23. The number of nitrogens with one attached hydrogen (secondary N) is 1. The lowest BCUT2D eigenvalue weighted by molar-refractivity contribution is -0.111. The minimum absolute atomic E-state index is 0.620. The zero-order chi connectivity index (χ0) is 16.3. The molecule has 0 bridgehead atoms. The van der Waals surface area contributed by atoms with Crippen LogP contribution in [0.1, 0.15) is 5.56 Å². The van der Waals surface area contributed by atoms with Crippen LogP contribution in [0.3, 0.4) is 0 Å². The Morgan fingerprint density at radius 1 is 0.818 bits per heavy atom. The lowest BCUT2D eigenvalue weighted by Gasteiger charge is -2.08. The second-order valence-corrected chi connectivity index (χ2v) is 4.18. The Hall–Kier alpha value is -2.70. The Morgan fingerprint density at radius 3 is 1.86 bits per heavy atom. The van der Waals surface area contributed by atoms with Gasteiger partial charge in [-0.3, -0.25) is 4.79 Å². The molecule has 0 aliphatic heterocycles. The van der Waals surface area contributed by atoms with Crippen molar-refractivity contribution in [3.8, 4) is 0 Å². The first kappa shape index (κ1) is 15.7. The SMILES string of the molecule is O=C(/C=C/c1ccccc1)Nc1c(F)c(F)c(F)c(F)c1F. The molecule has 2 rings (SSSR count). The van der Waals surface area contributed by atoms with E-state index in [-0.39, 0.29) is 0 Å². The van der Waals surface area contributed by atoms with Gasteiger partial charge in [-0.1, -0.05) is 30.3 Å². The van der Waals surface area contributed by atoms with E-state index in [2.05, 4.69) is 0 Å². The Bertz CT molecular complexity index is 714. The summed E-state index contributed by atoms with van der Waals surface area (Å²) in [6.45, 7) is 0. The summed E-state index contributed by atoms with van der Waals surface area (Å²) in [5.74, 6) is -11.8. The molecular formula is C15H8F5NO. The average Bonchev–Trinajstić information content (AvgIpc) is 2.54.